The first-order chi connectivity index (χ1) is 12.8. The minimum Gasteiger partial charge on any atom is -0.324 e. The number of amides is 3. The zero-order chi connectivity index (χ0) is 19.2. The average Bonchev–Trinajstić information content (AvgIpc) is 3.10. The van der Waals surface area contributed by atoms with Crippen LogP contribution in [0.5, 0.6) is 0 Å². The van der Waals surface area contributed by atoms with Crippen molar-refractivity contribution in [1.29, 1.82) is 0 Å². The van der Waals surface area contributed by atoms with Gasteiger partial charge in [-0.05, 0) is 24.3 Å². The summed E-state index contributed by atoms with van der Waals surface area (Å²) < 4.78 is 38.8. The molecule has 2 fully saturated rings. The van der Waals surface area contributed by atoms with Gasteiger partial charge >= 0.3 is 12.2 Å². The van der Waals surface area contributed by atoms with Crippen molar-refractivity contribution in [2.45, 2.75) is 43.6 Å². The molecule has 2 aliphatic rings. The number of imidazole rings is 1. The van der Waals surface area contributed by atoms with Crippen molar-refractivity contribution in [3.05, 3.63) is 54.1 Å². The number of hydrogen-bond acceptors (Lipinski definition) is 3. The topological polar surface area (TPSA) is 67.2 Å². The maximum Gasteiger partial charge on any atom is 0.406 e. The lowest BCUT2D eigenvalue weighted by atomic mass is 9.65. The van der Waals surface area contributed by atoms with Crippen LogP contribution < -0.4 is 5.32 Å². The second kappa shape index (κ2) is 6.11. The van der Waals surface area contributed by atoms with Gasteiger partial charge in [-0.3, -0.25) is 9.69 Å². The molecule has 1 aromatic carbocycles. The number of carbonyl (C=O) groups is 2. The Hall–Kier alpha value is -2.84. The Morgan fingerprint density at radius 1 is 1.19 bits per heavy atom. The van der Waals surface area contributed by atoms with Crippen LogP contribution in [0.25, 0.3) is 0 Å². The maximum atomic E-state index is 12.8. The summed E-state index contributed by atoms with van der Waals surface area (Å²) in [4.78, 5) is 29.9. The van der Waals surface area contributed by atoms with E-state index in [4.69, 9.17) is 0 Å². The second-order valence-electron chi connectivity index (χ2n) is 7.01. The van der Waals surface area contributed by atoms with Crippen molar-refractivity contribution in [3.63, 3.8) is 0 Å². The van der Waals surface area contributed by atoms with Crippen LogP contribution in [0.3, 0.4) is 0 Å². The predicted molar refractivity (Wildman–Crippen MR) is 88.5 cm³/mol. The quantitative estimate of drug-likeness (QED) is 0.832. The summed E-state index contributed by atoms with van der Waals surface area (Å²) in [6.07, 6.45) is -1.04. The smallest absolute Gasteiger partial charge is 0.324 e. The molecule has 27 heavy (non-hydrogen) atoms. The first-order valence-corrected chi connectivity index (χ1v) is 8.53. The monoisotopic (exact) mass is 378 g/mol. The third kappa shape index (κ3) is 3.17. The fourth-order valence-electron chi connectivity index (χ4n) is 3.81. The van der Waals surface area contributed by atoms with Crippen LogP contribution in [0.15, 0.2) is 42.7 Å². The summed E-state index contributed by atoms with van der Waals surface area (Å²) in [6.45, 7) is -1.50. The lowest BCUT2D eigenvalue weighted by molar-refractivity contribution is -0.141. The van der Waals surface area contributed by atoms with Gasteiger partial charge in [0, 0.05) is 12.4 Å². The molecule has 142 valence electrons. The van der Waals surface area contributed by atoms with Crippen molar-refractivity contribution in [3.8, 4) is 0 Å². The first-order valence-electron chi connectivity index (χ1n) is 8.53. The lowest BCUT2D eigenvalue weighted by Crippen LogP contribution is -2.56. The van der Waals surface area contributed by atoms with Gasteiger partial charge in [-0.15, -0.1) is 0 Å². The molecule has 2 heterocycles. The van der Waals surface area contributed by atoms with E-state index in [1.807, 2.05) is 30.3 Å². The zero-order valence-corrected chi connectivity index (χ0v) is 14.2. The molecule has 0 radical (unpaired) electrons. The molecule has 0 atom stereocenters. The summed E-state index contributed by atoms with van der Waals surface area (Å²) in [5, 5.41) is 2.72. The summed E-state index contributed by atoms with van der Waals surface area (Å²) in [7, 11) is 0. The van der Waals surface area contributed by atoms with Crippen LogP contribution in [0.2, 0.25) is 0 Å². The lowest BCUT2D eigenvalue weighted by Gasteiger charge is -2.42. The number of urea groups is 1. The molecule has 1 N–H and O–H groups in total. The predicted octanol–water partition coefficient (Wildman–Crippen LogP) is 2.81. The highest BCUT2D eigenvalue weighted by atomic mass is 19.4. The van der Waals surface area contributed by atoms with E-state index in [-0.39, 0.29) is 18.3 Å². The zero-order valence-electron chi connectivity index (χ0n) is 14.2. The Kier molecular flexibility index (Phi) is 3.97. The summed E-state index contributed by atoms with van der Waals surface area (Å²) in [6, 6.07) is 9.11. The van der Waals surface area contributed by atoms with E-state index in [0.717, 1.165) is 15.0 Å². The van der Waals surface area contributed by atoms with Gasteiger partial charge in [-0.25, -0.2) is 9.78 Å². The normalized spacial score (nSPS) is 25.0. The number of rotatable bonds is 4. The van der Waals surface area contributed by atoms with Crippen LogP contribution in [0.4, 0.5) is 18.0 Å². The Balaban J connectivity index is 1.47. The van der Waals surface area contributed by atoms with E-state index in [1.165, 1.54) is 12.4 Å². The number of nitrogens with zero attached hydrogens (tertiary/aromatic N) is 3. The standard InChI is InChI=1S/C18H17F3N4O2/c19-18(20,21)11-24-7-6-22-14(24)10-25-15(26)17(23-16(25)27)8-13(9-17)12-4-2-1-3-5-12/h1-7,13H,8-11H2,(H,23,27). The number of hydrogen-bond donors (Lipinski definition) is 1. The van der Waals surface area contributed by atoms with E-state index in [0.29, 0.717) is 12.8 Å². The molecular formula is C18H17F3N4O2. The minimum atomic E-state index is -4.41. The van der Waals surface area contributed by atoms with Crippen molar-refractivity contribution >= 4 is 11.9 Å². The summed E-state index contributed by atoms with van der Waals surface area (Å²) in [5.74, 6) is -0.212. The van der Waals surface area contributed by atoms with Crippen LogP contribution in [0.1, 0.15) is 30.1 Å². The molecule has 9 heteroatoms. The Labute approximate surface area is 153 Å². The van der Waals surface area contributed by atoms with Gasteiger partial charge in [0.05, 0.1) is 6.54 Å². The van der Waals surface area contributed by atoms with Gasteiger partial charge in [0.25, 0.3) is 5.91 Å². The number of benzene rings is 1. The summed E-state index contributed by atoms with van der Waals surface area (Å²) in [5.41, 5.74) is 0.142. The maximum absolute atomic E-state index is 12.8. The van der Waals surface area contributed by atoms with E-state index >= 15 is 0 Å². The van der Waals surface area contributed by atoms with Crippen molar-refractivity contribution in [1.82, 2.24) is 19.8 Å². The minimum absolute atomic E-state index is 0.0202. The molecule has 0 unspecified atom stereocenters. The third-order valence-corrected chi connectivity index (χ3v) is 5.16. The van der Waals surface area contributed by atoms with Crippen LogP contribution in [0, 0.1) is 0 Å². The molecule has 6 nitrogen and oxygen atoms in total. The molecule has 2 aromatic rings. The SMILES string of the molecule is O=C1NC2(CC(c3ccccc3)C2)C(=O)N1Cc1nccn1CC(F)(F)F. The van der Waals surface area contributed by atoms with Gasteiger partial charge in [0.2, 0.25) is 0 Å². The highest BCUT2D eigenvalue weighted by molar-refractivity contribution is 6.07. The van der Waals surface area contributed by atoms with Gasteiger partial charge in [-0.2, -0.15) is 13.2 Å². The van der Waals surface area contributed by atoms with Crippen LogP contribution in [-0.4, -0.2) is 38.1 Å². The average molecular weight is 378 g/mol. The third-order valence-electron chi connectivity index (χ3n) is 5.16. The van der Waals surface area contributed by atoms with Crippen molar-refractivity contribution < 1.29 is 22.8 Å². The van der Waals surface area contributed by atoms with E-state index in [2.05, 4.69) is 10.3 Å². The number of imide groups is 1. The van der Waals surface area contributed by atoms with Gasteiger partial charge < -0.3 is 9.88 Å². The van der Waals surface area contributed by atoms with E-state index < -0.39 is 30.2 Å². The number of alkyl halides is 3. The van der Waals surface area contributed by atoms with Crippen molar-refractivity contribution in [2.24, 2.45) is 0 Å². The summed E-state index contributed by atoms with van der Waals surface area (Å²) >= 11 is 0. The first kappa shape index (κ1) is 17.6. The van der Waals surface area contributed by atoms with Crippen LogP contribution >= 0.6 is 0 Å². The molecule has 1 aliphatic carbocycles. The molecular weight excluding hydrogens is 361 g/mol. The van der Waals surface area contributed by atoms with E-state index in [9.17, 15) is 22.8 Å². The number of carbonyl (C=O) groups excluding carboxylic acids is 2. The molecule has 1 aliphatic heterocycles. The largest absolute Gasteiger partial charge is 0.406 e. The number of aromatic nitrogens is 2. The highest BCUT2D eigenvalue weighted by Crippen LogP contribution is 2.47. The molecule has 4 rings (SSSR count). The van der Waals surface area contributed by atoms with Gasteiger partial charge in [0.15, 0.2) is 0 Å². The molecule has 1 saturated heterocycles. The highest BCUT2D eigenvalue weighted by Gasteiger charge is 2.58. The fraction of sp³-hybridized carbons (Fsp3) is 0.389. The Morgan fingerprint density at radius 2 is 1.89 bits per heavy atom. The van der Waals surface area contributed by atoms with Crippen LogP contribution in [-0.2, 0) is 17.9 Å². The van der Waals surface area contributed by atoms with E-state index in [1.54, 1.807) is 0 Å². The Morgan fingerprint density at radius 3 is 2.56 bits per heavy atom. The van der Waals surface area contributed by atoms with Gasteiger partial charge in [0.1, 0.15) is 17.9 Å². The second-order valence-corrected chi connectivity index (χ2v) is 7.01. The number of halogens is 3. The molecule has 3 amide bonds. The van der Waals surface area contributed by atoms with Gasteiger partial charge in [-0.1, -0.05) is 30.3 Å². The fourth-order valence-corrected chi connectivity index (χ4v) is 3.81. The van der Waals surface area contributed by atoms with Crippen molar-refractivity contribution in [2.75, 3.05) is 0 Å². The molecule has 1 spiro atoms. The number of nitrogens with one attached hydrogen (secondary N) is 1. The molecule has 0 bridgehead atoms. The molecule has 1 aromatic heterocycles. The Bertz CT molecular complexity index is 872. The molecule has 1 saturated carbocycles.